The molecule has 3 atom stereocenters. The number of benzene rings is 4. The van der Waals surface area contributed by atoms with E-state index in [0.717, 1.165) is 107 Å². The van der Waals surface area contributed by atoms with Gasteiger partial charge in [0.15, 0.2) is 10.8 Å². The summed E-state index contributed by atoms with van der Waals surface area (Å²) in [6, 6.07) is 31.1. The molecule has 3 amide bonds. The number of hydrogen-bond donors (Lipinski definition) is 2. The van der Waals surface area contributed by atoms with Crippen LogP contribution in [-0.4, -0.2) is 98.3 Å². The van der Waals surface area contributed by atoms with Gasteiger partial charge >= 0.3 is 5.97 Å². The Morgan fingerprint density at radius 3 is 2.39 bits per heavy atom. The van der Waals surface area contributed by atoms with Crippen molar-refractivity contribution in [3.63, 3.8) is 0 Å². The summed E-state index contributed by atoms with van der Waals surface area (Å²) in [5.41, 5.74) is 8.45. The van der Waals surface area contributed by atoms with Crippen LogP contribution in [0.5, 0.6) is 5.75 Å². The van der Waals surface area contributed by atoms with Crippen molar-refractivity contribution in [2.45, 2.75) is 142 Å². The molecule has 16 heteroatoms. The first-order valence-corrected chi connectivity index (χ1v) is 29.2. The second kappa shape index (κ2) is 22.5. The van der Waals surface area contributed by atoms with E-state index in [1.807, 2.05) is 99.2 Å². The summed E-state index contributed by atoms with van der Waals surface area (Å²) < 4.78 is 15.7. The van der Waals surface area contributed by atoms with E-state index < -0.39 is 17.5 Å². The number of piperazine rings is 1. The maximum absolute atomic E-state index is 14.2. The van der Waals surface area contributed by atoms with Gasteiger partial charge in [-0.25, -0.2) is 14.8 Å². The molecule has 3 aromatic heterocycles. The van der Waals surface area contributed by atoms with Crippen molar-refractivity contribution >= 4 is 72.8 Å². The number of thiazole rings is 1. The van der Waals surface area contributed by atoms with E-state index in [1.54, 1.807) is 0 Å². The summed E-state index contributed by atoms with van der Waals surface area (Å²) >= 11 is 1.45. The lowest BCUT2D eigenvalue weighted by atomic mass is 9.84. The number of imide groups is 1. The van der Waals surface area contributed by atoms with E-state index in [0.29, 0.717) is 66.0 Å². The Morgan fingerprint density at radius 1 is 0.835 bits per heavy atom. The average molecular weight is 1080 g/mol. The minimum Gasteiger partial charge on any atom is -0.490 e. The van der Waals surface area contributed by atoms with Crippen molar-refractivity contribution in [2.24, 2.45) is 13.0 Å². The second-order valence-corrected chi connectivity index (χ2v) is 24.4. The van der Waals surface area contributed by atoms with Crippen LogP contribution in [0, 0.1) is 12.8 Å². The van der Waals surface area contributed by atoms with Gasteiger partial charge in [0.1, 0.15) is 17.2 Å². The molecule has 7 aromatic rings. The van der Waals surface area contributed by atoms with Crippen LogP contribution in [-0.2, 0) is 34.3 Å². The molecular formula is C63H73N9O6S. The number of esters is 1. The fourth-order valence-electron chi connectivity index (χ4n) is 12.6. The maximum Gasteiger partial charge on any atom is 0.358 e. The standard InChI is InChI=1S/C63H73N9O6S/c1-38-35-71(43-23-26-48-52(34-43)69(7)68-57(48)49-28-30-56(73)66-60(49)75)36-39(2)72(38)32-11-10-14-41-21-24-44(25-22-41)77-53-19-13-16-45(40(53)3)46-27-29-55(65-58(46)61(76)78-63(4,5)6)70-33-31-42-15-12-17-47(50(42)37-70)59(74)67-62-64-51-18-8-9-20-54(51)79-62/h8-9,12-13,15-20,23,26-27,29,34,38-39,41,44,49H,10-11,14,21-22,24-25,28,30-33,35-37H2,1-7H3,(H,64,67,74)(H,66,73,75)/t38-,39-,41?,44?,49-/m0/s1. The van der Waals surface area contributed by atoms with Gasteiger partial charge in [-0.2, -0.15) is 5.10 Å². The number of carbonyl (C=O) groups is 4. The number of amides is 3. The monoisotopic (exact) mass is 1080 g/mol. The van der Waals surface area contributed by atoms with E-state index >= 15 is 0 Å². The molecule has 0 unspecified atom stereocenters. The van der Waals surface area contributed by atoms with E-state index in [9.17, 15) is 19.2 Å². The molecule has 15 nitrogen and oxygen atoms in total. The van der Waals surface area contributed by atoms with Crippen molar-refractivity contribution in [2.75, 3.05) is 41.3 Å². The lowest BCUT2D eigenvalue weighted by Crippen LogP contribution is -2.57. The van der Waals surface area contributed by atoms with E-state index in [-0.39, 0.29) is 29.5 Å². The SMILES string of the molecule is Cc1c(OC2CCC(CCCCN3[C@@H](C)CN(c4ccc5c([C@@H]6CCC(=O)NC6=O)nn(C)c5c4)C[C@@H]3C)CC2)cccc1-c1ccc(N2CCc3cccc(C(=O)Nc4nc5ccccc5s4)c3C2)nc1C(=O)OC(C)(C)C. The van der Waals surface area contributed by atoms with Gasteiger partial charge in [-0.15, -0.1) is 0 Å². The number of pyridine rings is 1. The van der Waals surface area contributed by atoms with Gasteiger partial charge in [-0.3, -0.25) is 34.6 Å². The molecule has 3 fully saturated rings. The number of nitrogens with one attached hydrogen (secondary N) is 2. The minimum absolute atomic E-state index is 0.121. The van der Waals surface area contributed by atoms with Crippen LogP contribution in [0.4, 0.5) is 16.6 Å². The van der Waals surface area contributed by atoms with Crippen LogP contribution in [0.1, 0.15) is 142 Å². The molecule has 1 aliphatic carbocycles. The number of aryl methyl sites for hydroxylation is 1. The average Bonchev–Trinajstić information content (AvgIpc) is 4.16. The zero-order valence-electron chi connectivity index (χ0n) is 46.6. The normalized spacial score (nSPS) is 21.0. The fourth-order valence-corrected chi connectivity index (χ4v) is 13.4. The molecule has 6 heterocycles. The summed E-state index contributed by atoms with van der Waals surface area (Å²) in [4.78, 5) is 69.5. The highest BCUT2D eigenvalue weighted by atomic mass is 32.1. The predicted molar refractivity (Wildman–Crippen MR) is 312 cm³/mol. The van der Waals surface area contributed by atoms with Crippen molar-refractivity contribution in [1.29, 1.82) is 0 Å². The fraction of sp³-hybridized carbons (Fsp3) is 0.444. The zero-order valence-corrected chi connectivity index (χ0v) is 47.5. The number of aromatic nitrogens is 4. The molecule has 4 aromatic carbocycles. The third-order valence-electron chi connectivity index (χ3n) is 16.7. The lowest BCUT2D eigenvalue weighted by molar-refractivity contribution is -0.134. The summed E-state index contributed by atoms with van der Waals surface area (Å²) in [6.45, 7) is 16.5. The highest BCUT2D eigenvalue weighted by Crippen LogP contribution is 2.39. The predicted octanol–water partition coefficient (Wildman–Crippen LogP) is 11.6. The van der Waals surface area contributed by atoms with Crippen LogP contribution < -0.4 is 25.2 Å². The number of hydrogen-bond acceptors (Lipinski definition) is 13. The first-order chi connectivity index (χ1) is 38.0. The molecule has 2 N–H and O–H groups in total. The number of piperidine rings is 1. The van der Waals surface area contributed by atoms with Gasteiger partial charge in [-0.1, -0.05) is 60.6 Å². The first kappa shape index (κ1) is 53.8. The van der Waals surface area contributed by atoms with Crippen molar-refractivity contribution < 1.29 is 28.7 Å². The van der Waals surface area contributed by atoms with Gasteiger partial charge < -0.3 is 19.3 Å². The highest BCUT2D eigenvalue weighted by molar-refractivity contribution is 7.22. The first-order valence-electron chi connectivity index (χ1n) is 28.4. The molecule has 2 saturated heterocycles. The lowest BCUT2D eigenvalue weighted by Gasteiger charge is -2.45. The molecule has 11 rings (SSSR count). The quantitative estimate of drug-likeness (QED) is 0.0603. The summed E-state index contributed by atoms with van der Waals surface area (Å²) in [5, 5.41) is 11.8. The molecule has 79 heavy (non-hydrogen) atoms. The minimum atomic E-state index is -0.732. The third-order valence-corrected chi connectivity index (χ3v) is 17.6. The van der Waals surface area contributed by atoms with Gasteiger partial charge in [0.2, 0.25) is 11.8 Å². The van der Waals surface area contributed by atoms with Gasteiger partial charge in [0, 0.05) is 73.9 Å². The number of nitrogens with zero attached hydrogens (tertiary/aromatic N) is 7. The van der Waals surface area contributed by atoms with Gasteiger partial charge in [0.25, 0.3) is 5.91 Å². The summed E-state index contributed by atoms with van der Waals surface area (Å²) in [5.74, 6) is 0.578. The molecule has 0 radical (unpaired) electrons. The Morgan fingerprint density at radius 2 is 1.62 bits per heavy atom. The smallest absolute Gasteiger partial charge is 0.358 e. The van der Waals surface area contributed by atoms with Crippen LogP contribution in [0.2, 0.25) is 0 Å². The van der Waals surface area contributed by atoms with Crippen molar-refractivity contribution in [1.82, 2.24) is 30.0 Å². The molecule has 0 spiro atoms. The highest BCUT2D eigenvalue weighted by Gasteiger charge is 2.34. The number of unbranched alkanes of at least 4 members (excludes halogenated alkanes) is 1. The second-order valence-electron chi connectivity index (χ2n) is 23.4. The van der Waals surface area contributed by atoms with Gasteiger partial charge in [0.05, 0.1) is 33.4 Å². The van der Waals surface area contributed by atoms with E-state index in [4.69, 9.17) is 19.6 Å². The Hall–Kier alpha value is -7.17. The van der Waals surface area contributed by atoms with E-state index in [1.165, 1.54) is 36.3 Å². The van der Waals surface area contributed by atoms with Crippen LogP contribution in [0.15, 0.2) is 91.0 Å². The summed E-state index contributed by atoms with van der Waals surface area (Å²) in [7, 11) is 1.93. The molecular weight excluding hydrogens is 1010 g/mol. The third kappa shape index (κ3) is 11.6. The number of carbonyl (C=O) groups excluding carboxylic acids is 4. The van der Waals surface area contributed by atoms with Crippen LogP contribution in [0.3, 0.4) is 0 Å². The summed E-state index contributed by atoms with van der Waals surface area (Å²) in [6.07, 6.45) is 9.60. The molecule has 0 bridgehead atoms. The van der Waals surface area contributed by atoms with Crippen molar-refractivity contribution in [3.05, 3.63) is 125 Å². The maximum atomic E-state index is 14.2. The molecule has 1 saturated carbocycles. The van der Waals surface area contributed by atoms with E-state index in [2.05, 4.69) is 75.4 Å². The largest absolute Gasteiger partial charge is 0.490 e. The van der Waals surface area contributed by atoms with Crippen molar-refractivity contribution in [3.8, 4) is 16.9 Å². The van der Waals surface area contributed by atoms with Crippen LogP contribution >= 0.6 is 11.3 Å². The molecule has 4 aliphatic rings. The molecule has 3 aliphatic heterocycles. The number of rotatable bonds is 14. The number of para-hydroxylation sites is 1. The Labute approximate surface area is 467 Å². The zero-order chi connectivity index (χ0) is 55.1. The van der Waals surface area contributed by atoms with Crippen LogP contribution in [0.25, 0.3) is 32.2 Å². The number of ether oxygens (including phenoxy) is 2. The number of anilines is 3. The Kier molecular flexibility index (Phi) is 15.3. The van der Waals surface area contributed by atoms with Gasteiger partial charge in [-0.05, 0) is 176 Å². The Balaban J connectivity index is 0.688. The topological polar surface area (TPSA) is 164 Å². The Bertz CT molecular complexity index is 3400. The molecule has 412 valence electrons. The number of fused-ring (bicyclic) bond motifs is 3.